The number of nitrogens with zero attached hydrogens (tertiary/aromatic N) is 1. The maximum Gasteiger partial charge on any atom is 0.226 e. The van der Waals surface area contributed by atoms with E-state index in [4.69, 9.17) is 5.73 Å². The third kappa shape index (κ3) is 5.37. The van der Waals surface area contributed by atoms with Gasteiger partial charge in [0, 0.05) is 32.1 Å². The molecule has 2 unspecified atom stereocenters. The summed E-state index contributed by atoms with van der Waals surface area (Å²) >= 11 is 0. The van der Waals surface area contributed by atoms with Crippen LogP contribution in [0.4, 0.5) is 0 Å². The average Bonchev–Trinajstić information content (AvgIpc) is 2.43. The summed E-state index contributed by atoms with van der Waals surface area (Å²) in [6.07, 6.45) is 2.70. The van der Waals surface area contributed by atoms with Crippen LogP contribution in [0.1, 0.15) is 33.1 Å². The number of rotatable bonds is 5. The minimum Gasteiger partial charge on any atom is -0.356 e. The molecule has 0 aromatic carbocycles. The van der Waals surface area contributed by atoms with E-state index >= 15 is 0 Å². The molecular formula is C13H26ClN3O2. The van der Waals surface area contributed by atoms with Crippen LogP contribution in [0.3, 0.4) is 0 Å². The van der Waals surface area contributed by atoms with E-state index < -0.39 is 0 Å². The Hall–Kier alpha value is -0.810. The maximum atomic E-state index is 12.0. The summed E-state index contributed by atoms with van der Waals surface area (Å²) in [5.74, 6) is -0.0538. The van der Waals surface area contributed by atoms with E-state index in [2.05, 4.69) is 5.32 Å². The molecule has 112 valence electrons. The third-order valence-electron chi connectivity index (χ3n) is 3.43. The number of piperidine rings is 1. The molecule has 1 aliphatic rings. The highest BCUT2D eigenvalue weighted by molar-refractivity contribution is 5.85. The molecule has 2 amide bonds. The second-order valence-electron chi connectivity index (χ2n) is 5.05. The van der Waals surface area contributed by atoms with E-state index in [-0.39, 0.29) is 36.1 Å². The molecule has 1 saturated heterocycles. The highest BCUT2D eigenvalue weighted by atomic mass is 35.5. The lowest BCUT2D eigenvalue weighted by Gasteiger charge is -2.33. The Morgan fingerprint density at radius 2 is 2.16 bits per heavy atom. The van der Waals surface area contributed by atoms with Crippen LogP contribution >= 0.6 is 12.4 Å². The quantitative estimate of drug-likeness (QED) is 0.785. The normalized spacial score (nSPS) is 20.4. The molecule has 0 bridgehead atoms. The SMILES string of the molecule is CCCNC(=O)C1CCCN(C(=O)C(C)CN)C1.Cl. The van der Waals surface area contributed by atoms with Crippen LogP contribution in [0.2, 0.25) is 0 Å². The average molecular weight is 292 g/mol. The van der Waals surface area contributed by atoms with E-state index in [1.54, 1.807) is 4.90 Å². The molecule has 5 nitrogen and oxygen atoms in total. The van der Waals surface area contributed by atoms with Gasteiger partial charge in [-0.1, -0.05) is 13.8 Å². The highest BCUT2D eigenvalue weighted by Crippen LogP contribution is 2.18. The van der Waals surface area contributed by atoms with Gasteiger partial charge in [0.15, 0.2) is 0 Å². The van der Waals surface area contributed by atoms with E-state index in [1.807, 2.05) is 13.8 Å². The fourth-order valence-electron chi connectivity index (χ4n) is 2.20. The van der Waals surface area contributed by atoms with E-state index in [1.165, 1.54) is 0 Å². The molecule has 1 aliphatic heterocycles. The first-order valence-electron chi connectivity index (χ1n) is 6.86. The molecule has 2 atom stereocenters. The first-order valence-corrected chi connectivity index (χ1v) is 6.86. The van der Waals surface area contributed by atoms with Crippen molar-refractivity contribution < 1.29 is 9.59 Å². The second kappa shape index (κ2) is 9.15. The van der Waals surface area contributed by atoms with Gasteiger partial charge in [0.1, 0.15) is 0 Å². The number of nitrogens with two attached hydrogens (primary N) is 1. The molecule has 19 heavy (non-hydrogen) atoms. The van der Waals surface area contributed by atoms with Crippen molar-refractivity contribution in [3.8, 4) is 0 Å². The van der Waals surface area contributed by atoms with Crippen molar-refractivity contribution in [2.24, 2.45) is 17.6 Å². The largest absolute Gasteiger partial charge is 0.356 e. The Labute approximate surface area is 121 Å². The van der Waals surface area contributed by atoms with Gasteiger partial charge in [-0.3, -0.25) is 9.59 Å². The van der Waals surface area contributed by atoms with Gasteiger partial charge in [-0.15, -0.1) is 12.4 Å². The van der Waals surface area contributed by atoms with Crippen LogP contribution in [-0.4, -0.2) is 42.9 Å². The molecule has 0 aromatic heterocycles. The van der Waals surface area contributed by atoms with Crippen LogP contribution in [-0.2, 0) is 9.59 Å². The minimum atomic E-state index is -0.151. The molecule has 6 heteroatoms. The summed E-state index contributed by atoms with van der Waals surface area (Å²) in [5, 5.41) is 2.90. The Morgan fingerprint density at radius 3 is 2.74 bits per heavy atom. The molecule has 0 radical (unpaired) electrons. The van der Waals surface area contributed by atoms with Gasteiger partial charge >= 0.3 is 0 Å². The molecule has 1 heterocycles. The smallest absolute Gasteiger partial charge is 0.226 e. The van der Waals surface area contributed by atoms with Gasteiger partial charge in [0.05, 0.1) is 5.92 Å². The third-order valence-corrected chi connectivity index (χ3v) is 3.43. The number of nitrogens with one attached hydrogen (secondary N) is 1. The van der Waals surface area contributed by atoms with Gasteiger partial charge in [-0.25, -0.2) is 0 Å². The molecule has 1 fully saturated rings. The molecule has 3 N–H and O–H groups in total. The molecule has 1 rings (SSSR count). The summed E-state index contributed by atoms with van der Waals surface area (Å²) in [6, 6.07) is 0. The Balaban J connectivity index is 0.00000324. The fraction of sp³-hybridized carbons (Fsp3) is 0.846. The van der Waals surface area contributed by atoms with Crippen molar-refractivity contribution >= 4 is 24.2 Å². The lowest BCUT2D eigenvalue weighted by atomic mass is 9.96. The highest BCUT2D eigenvalue weighted by Gasteiger charge is 2.29. The lowest BCUT2D eigenvalue weighted by Crippen LogP contribution is -2.47. The summed E-state index contributed by atoms with van der Waals surface area (Å²) < 4.78 is 0. The molecule has 0 saturated carbocycles. The number of amides is 2. The van der Waals surface area contributed by atoms with Crippen molar-refractivity contribution in [1.82, 2.24) is 10.2 Å². The number of likely N-dealkylation sites (tertiary alicyclic amines) is 1. The zero-order chi connectivity index (χ0) is 13.5. The first kappa shape index (κ1) is 18.2. The minimum absolute atomic E-state index is 0. The molecule has 0 aliphatic carbocycles. The van der Waals surface area contributed by atoms with Gasteiger partial charge in [0.2, 0.25) is 11.8 Å². The van der Waals surface area contributed by atoms with Crippen molar-refractivity contribution in [2.75, 3.05) is 26.2 Å². The van der Waals surface area contributed by atoms with E-state index in [0.29, 0.717) is 19.6 Å². The van der Waals surface area contributed by atoms with Crippen molar-refractivity contribution in [1.29, 1.82) is 0 Å². The zero-order valence-electron chi connectivity index (χ0n) is 11.9. The Morgan fingerprint density at radius 1 is 1.47 bits per heavy atom. The van der Waals surface area contributed by atoms with E-state index in [9.17, 15) is 9.59 Å². The summed E-state index contributed by atoms with van der Waals surface area (Å²) in [6.45, 7) is 6.23. The summed E-state index contributed by atoms with van der Waals surface area (Å²) in [5.41, 5.74) is 5.51. The first-order chi connectivity index (χ1) is 8.60. The van der Waals surface area contributed by atoms with Crippen molar-refractivity contribution in [3.63, 3.8) is 0 Å². The second-order valence-corrected chi connectivity index (χ2v) is 5.05. The van der Waals surface area contributed by atoms with Gasteiger partial charge in [-0.2, -0.15) is 0 Å². The predicted octanol–water partition coefficient (Wildman–Crippen LogP) is 0.768. The van der Waals surface area contributed by atoms with Gasteiger partial charge in [0.25, 0.3) is 0 Å². The number of carbonyl (C=O) groups excluding carboxylic acids is 2. The fourth-order valence-corrected chi connectivity index (χ4v) is 2.20. The van der Waals surface area contributed by atoms with Crippen LogP contribution in [0.25, 0.3) is 0 Å². The number of hydrogen-bond donors (Lipinski definition) is 2. The predicted molar refractivity (Wildman–Crippen MR) is 78.1 cm³/mol. The summed E-state index contributed by atoms with van der Waals surface area (Å²) in [4.78, 5) is 25.7. The monoisotopic (exact) mass is 291 g/mol. The maximum absolute atomic E-state index is 12.0. The van der Waals surface area contributed by atoms with Crippen LogP contribution in [0.5, 0.6) is 0 Å². The van der Waals surface area contributed by atoms with Crippen LogP contribution in [0.15, 0.2) is 0 Å². The lowest BCUT2D eigenvalue weighted by molar-refractivity contribution is -0.138. The zero-order valence-corrected chi connectivity index (χ0v) is 12.7. The van der Waals surface area contributed by atoms with Crippen LogP contribution in [0, 0.1) is 11.8 Å². The summed E-state index contributed by atoms with van der Waals surface area (Å²) in [7, 11) is 0. The topological polar surface area (TPSA) is 75.4 Å². The Kier molecular flexibility index (Phi) is 8.76. The molecule has 0 spiro atoms. The standard InChI is InChI=1S/C13H25N3O2.ClH/c1-3-6-15-12(17)11-5-4-7-16(9-11)13(18)10(2)8-14;/h10-11H,3-9,14H2,1-2H3,(H,15,17);1H. The van der Waals surface area contributed by atoms with E-state index in [0.717, 1.165) is 25.8 Å². The number of hydrogen-bond acceptors (Lipinski definition) is 3. The number of carbonyl (C=O) groups is 2. The number of halogens is 1. The molecular weight excluding hydrogens is 266 g/mol. The van der Waals surface area contributed by atoms with Crippen molar-refractivity contribution in [2.45, 2.75) is 33.1 Å². The molecule has 0 aromatic rings. The van der Waals surface area contributed by atoms with Crippen molar-refractivity contribution in [3.05, 3.63) is 0 Å². The van der Waals surface area contributed by atoms with Crippen LogP contribution < -0.4 is 11.1 Å². The van der Waals surface area contributed by atoms with Gasteiger partial charge < -0.3 is 16.0 Å². The van der Waals surface area contributed by atoms with Gasteiger partial charge in [-0.05, 0) is 19.3 Å². The Bertz CT molecular complexity index is 300.